The standard InChI is InChI=1S/C17H22ClNO3/c18-14-7-10(1-5-15(14)21)2-6-16(22)19-17-12-4-3-11(8-12)13(17)9-20/h1,5,7,11-13,17,20-21H,2-4,6,8-9H2,(H,19,22)/t11-,12-,13-,17-/m0/s1. The lowest BCUT2D eigenvalue weighted by molar-refractivity contribution is -0.122. The molecule has 0 aliphatic heterocycles. The highest BCUT2D eigenvalue weighted by Crippen LogP contribution is 2.48. The maximum absolute atomic E-state index is 12.2. The Bertz CT molecular complexity index is 563. The van der Waals surface area contributed by atoms with E-state index in [1.807, 2.05) is 0 Å². The van der Waals surface area contributed by atoms with Gasteiger partial charge in [0.25, 0.3) is 0 Å². The molecule has 120 valence electrons. The SMILES string of the molecule is O=C(CCc1ccc(O)c(Cl)c1)N[C@H]1[C@H]2CC[C@@H](C2)[C@@H]1CO. The molecule has 1 aromatic carbocycles. The molecule has 0 radical (unpaired) electrons. The number of hydrogen-bond acceptors (Lipinski definition) is 3. The van der Waals surface area contributed by atoms with Crippen LogP contribution >= 0.6 is 11.6 Å². The van der Waals surface area contributed by atoms with Gasteiger partial charge in [0.2, 0.25) is 5.91 Å². The van der Waals surface area contributed by atoms with Crippen molar-refractivity contribution in [3.05, 3.63) is 28.8 Å². The van der Waals surface area contributed by atoms with Crippen LogP contribution in [-0.2, 0) is 11.2 Å². The fourth-order valence-electron chi connectivity index (χ4n) is 4.12. The maximum Gasteiger partial charge on any atom is 0.220 e. The number of aromatic hydroxyl groups is 1. The van der Waals surface area contributed by atoms with Crippen molar-refractivity contribution in [1.82, 2.24) is 5.32 Å². The molecule has 4 atom stereocenters. The lowest BCUT2D eigenvalue weighted by Crippen LogP contribution is -2.45. The van der Waals surface area contributed by atoms with Crippen LogP contribution in [0.3, 0.4) is 0 Å². The molecule has 0 heterocycles. The zero-order valence-corrected chi connectivity index (χ0v) is 13.2. The van der Waals surface area contributed by atoms with E-state index < -0.39 is 0 Å². The van der Waals surface area contributed by atoms with Gasteiger partial charge in [-0.25, -0.2) is 0 Å². The fourth-order valence-corrected chi connectivity index (χ4v) is 4.32. The number of phenols is 1. The van der Waals surface area contributed by atoms with Gasteiger partial charge in [0.1, 0.15) is 5.75 Å². The van der Waals surface area contributed by atoms with Crippen molar-refractivity contribution in [1.29, 1.82) is 0 Å². The summed E-state index contributed by atoms with van der Waals surface area (Å²) in [5.74, 6) is 1.43. The molecular weight excluding hydrogens is 302 g/mol. The predicted octanol–water partition coefficient (Wildman–Crippen LogP) is 2.50. The number of fused-ring (bicyclic) bond motifs is 2. The van der Waals surface area contributed by atoms with Gasteiger partial charge in [-0.1, -0.05) is 17.7 Å². The first-order valence-electron chi connectivity index (χ1n) is 7.96. The Labute approximate surface area is 135 Å². The smallest absolute Gasteiger partial charge is 0.220 e. The summed E-state index contributed by atoms with van der Waals surface area (Å²) in [4.78, 5) is 12.2. The number of rotatable bonds is 5. The highest BCUT2D eigenvalue weighted by atomic mass is 35.5. The van der Waals surface area contributed by atoms with Gasteiger partial charge in [-0.15, -0.1) is 0 Å². The summed E-state index contributed by atoms with van der Waals surface area (Å²) in [6, 6.07) is 5.16. The van der Waals surface area contributed by atoms with Gasteiger partial charge in [-0.2, -0.15) is 0 Å². The van der Waals surface area contributed by atoms with Crippen LogP contribution in [-0.4, -0.2) is 28.8 Å². The van der Waals surface area contributed by atoms with Gasteiger partial charge in [-0.05, 0) is 55.2 Å². The number of benzene rings is 1. The highest BCUT2D eigenvalue weighted by Gasteiger charge is 2.47. The van der Waals surface area contributed by atoms with Crippen LogP contribution < -0.4 is 5.32 Å². The Kier molecular flexibility index (Phi) is 4.59. The lowest BCUT2D eigenvalue weighted by Gasteiger charge is -2.30. The van der Waals surface area contributed by atoms with Crippen molar-refractivity contribution in [2.24, 2.45) is 17.8 Å². The van der Waals surface area contributed by atoms with Gasteiger partial charge in [0, 0.05) is 25.0 Å². The van der Waals surface area contributed by atoms with E-state index in [-0.39, 0.29) is 30.2 Å². The van der Waals surface area contributed by atoms with Gasteiger partial charge >= 0.3 is 0 Å². The summed E-state index contributed by atoms with van der Waals surface area (Å²) in [6.45, 7) is 0.166. The van der Waals surface area contributed by atoms with E-state index in [0.29, 0.717) is 29.7 Å². The molecule has 1 aromatic rings. The quantitative estimate of drug-likeness (QED) is 0.779. The number of halogens is 1. The van der Waals surface area contributed by atoms with Gasteiger partial charge in [0.15, 0.2) is 0 Å². The number of nitrogens with one attached hydrogen (secondary N) is 1. The molecule has 4 nitrogen and oxygen atoms in total. The summed E-state index contributed by atoms with van der Waals surface area (Å²) in [6.07, 6.45) is 4.49. The second-order valence-corrected chi connectivity index (χ2v) is 6.97. The van der Waals surface area contributed by atoms with Gasteiger partial charge in [0.05, 0.1) is 5.02 Å². The average Bonchev–Trinajstić information content (AvgIpc) is 3.09. The fraction of sp³-hybridized carbons (Fsp3) is 0.588. The summed E-state index contributed by atoms with van der Waals surface area (Å²) in [5.41, 5.74) is 0.935. The van der Waals surface area contributed by atoms with E-state index in [1.54, 1.807) is 18.2 Å². The molecular formula is C17H22ClNO3. The third kappa shape index (κ3) is 3.08. The van der Waals surface area contributed by atoms with Crippen LogP contribution in [0, 0.1) is 17.8 Å². The van der Waals surface area contributed by atoms with Crippen molar-refractivity contribution in [2.75, 3.05) is 6.61 Å². The first-order valence-corrected chi connectivity index (χ1v) is 8.34. The maximum atomic E-state index is 12.2. The number of amides is 1. The zero-order valence-electron chi connectivity index (χ0n) is 12.5. The molecule has 2 saturated carbocycles. The first-order chi connectivity index (χ1) is 10.6. The monoisotopic (exact) mass is 323 g/mol. The van der Waals surface area contributed by atoms with Crippen LogP contribution in [0.25, 0.3) is 0 Å². The average molecular weight is 324 g/mol. The Morgan fingerprint density at radius 3 is 2.82 bits per heavy atom. The number of phenolic OH excluding ortho intramolecular Hbond substituents is 1. The Morgan fingerprint density at radius 1 is 1.32 bits per heavy atom. The number of aryl methyl sites for hydroxylation is 1. The number of aliphatic hydroxyl groups is 1. The van der Waals surface area contributed by atoms with Crippen LogP contribution in [0.2, 0.25) is 5.02 Å². The van der Waals surface area contributed by atoms with Gasteiger partial charge < -0.3 is 15.5 Å². The molecule has 0 saturated heterocycles. The van der Waals surface area contributed by atoms with Crippen molar-refractivity contribution in [3.8, 4) is 5.75 Å². The number of carbonyl (C=O) groups excluding carboxylic acids is 1. The molecule has 2 bridgehead atoms. The molecule has 1 amide bonds. The first kappa shape index (κ1) is 15.6. The van der Waals surface area contributed by atoms with Gasteiger partial charge in [-0.3, -0.25) is 4.79 Å². The van der Waals surface area contributed by atoms with E-state index in [1.165, 1.54) is 12.8 Å². The Morgan fingerprint density at radius 2 is 2.09 bits per heavy atom. The number of hydrogen-bond donors (Lipinski definition) is 3. The summed E-state index contributed by atoms with van der Waals surface area (Å²) in [7, 11) is 0. The molecule has 22 heavy (non-hydrogen) atoms. The van der Waals surface area contributed by atoms with Crippen LogP contribution in [0.1, 0.15) is 31.2 Å². The molecule has 2 aliphatic rings. The third-order valence-electron chi connectivity index (χ3n) is 5.28. The molecule has 0 spiro atoms. The van der Waals surface area contributed by atoms with E-state index in [4.69, 9.17) is 11.6 Å². The second kappa shape index (κ2) is 6.47. The summed E-state index contributed by atoms with van der Waals surface area (Å²) >= 11 is 5.87. The minimum Gasteiger partial charge on any atom is -0.506 e. The third-order valence-corrected chi connectivity index (χ3v) is 5.58. The molecule has 0 unspecified atom stereocenters. The minimum absolute atomic E-state index is 0.0280. The number of carbonyl (C=O) groups is 1. The van der Waals surface area contributed by atoms with E-state index in [0.717, 1.165) is 12.0 Å². The Hall–Kier alpha value is -1.26. The van der Waals surface area contributed by atoms with Crippen LogP contribution in [0.5, 0.6) is 5.75 Å². The largest absolute Gasteiger partial charge is 0.506 e. The summed E-state index contributed by atoms with van der Waals surface area (Å²) in [5, 5.41) is 22.4. The normalized spacial score (nSPS) is 29.7. The van der Waals surface area contributed by atoms with Crippen LogP contribution in [0.15, 0.2) is 18.2 Å². The summed E-state index contributed by atoms with van der Waals surface area (Å²) < 4.78 is 0. The van der Waals surface area contributed by atoms with Crippen molar-refractivity contribution in [3.63, 3.8) is 0 Å². The lowest BCUT2D eigenvalue weighted by atomic mass is 9.85. The minimum atomic E-state index is 0.0280. The van der Waals surface area contributed by atoms with Crippen molar-refractivity contribution >= 4 is 17.5 Å². The molecule has 2 aliphatic carbocycles. The zero-order chi connectivity index (χ0) is 15.7. The molecule has 5 heteroatoms. The molecule has 3 N–H and O–H groups in total. The molecule has 3 rings (SSSR count). The predicted molar refractivity (Wildman–Crippen MR) is 84.8 cm³/mol. The topological polar surface area (TPSA) is 69.6 Å². The molecule has 0 aromatic heterocycles. The van der Waals surface area contributed by atoms with E-state index in [9.17, 15) is 15.0 Å². The Balaban J connectivity index is 1.53. The van der Waals surface area contributed by atoms with Crippen molar-refractivity contribution in [2.45, 2.75) is 38.1 Å². The van der Waals surface area contributed by atoms with E-state index in [2.05, 4.69) is 5.32 Å². The van der Waals surface area contributed by atoms with Crippen LogP contribution in [0.4, 0.5) is 0 Å². The van der Waals surface area contributed by atoms with Crippen molar-refractivity contribution < 1.29 is 15.0 Å². The highest BCUT2D eigenvalue weighted by molar-refractivity contribution is 6.32. The second-order valence-electron chi connectivity index (χ2n) is 6.56. The number of aliphatic hydroxyl groups excluding tert-OH is 1. The van der Waals surface area contributed by atoms with E-state index >= 15 is 0 Å². The molecule has 2 fully saturated rings.